The quantitative estimate of drug-likeness (QED) is 0.764. The highest BCUT2D eigenvalue weighted by Crippen LogP contribution is 2.20. The predicted octanol–water partition coefficient (Wildman–Crippen LogP) is 2.19. The van der Waals surface area contributed by atoms with Gasteiger partial charge in [-0.2, -0.15) is 0 Å². The van der Waals surface area contributed by atoms with Crippen LogP contribution in [0.5, 0.6) is 0 Å². The summed E-state index contributed by atoms with van der Waals surface area (Å²) in [6.07, 6.45) is 9.70. The molecule has 0 aliphatic carbocycles. The van der Waals surface area contributed by atoms with Crippen LogP contribution in [-0.4, -0.2) is 22.8 Å². The van der Waals surface area contributed by atoms with E-state index in [1.807, 2.05) is 0 Å². The lowest BCUT2D eigenvalue weighted by Gasteiger charge is -2.20. The van der Waals surface area contributed by atoms with Crippen molar-refractivity contribution in [3.8, 4) is 0 Å². The monoisotopic (exact) mass is 220 g/mol. The van der Waals surface area contributed by atoms with Crippen molar-refractivity contribution in [3.05, 3.63) is 17.7 Å². The normalized spacial score (nSPS) is 25.4. The predicted molar refractivity (Wildman–Crippen MR) is 62.4 cm³/mol. The van der Waals surface area contributed by atoms with Gasteiger partial charge in [0, 0.05) is 32.4 Å². The Kier molecular flexibility index (Phi) is 2.96. The number of imidazole rings is 1. The maximum atomic E-state index is 5.52. The van der Waals surface area contributed by atoms with Crippen LogP contribution in [-0.2, 0) is 24.1 Å². The largest absolute Gasteiger partial charge is 0.381 e. The molecule has 3 nitrogen and oxygen atoms in total. The van der Waals surface area contributed by atoms with Crippen molar-refractivity contribution >= 4 is 0 Å². The number of hydrogen-bond acceptors (Lipinski definition) is 2. The molecule has 1 aromatic rings. The molecule has 0 aromatic carbocycles. The van der Waals surface area contributed by atoms with Crippen LogP contribution in [0.1, 0.15) is 37.2 Å². The fourth-order valence-electron chi connectivity index (χ4n) is 2.83. The molecule has 2 aliphatic heterocycles. The Morgan fingerprint density at radius 1 is 1.38 bits per heavy atom. The second-order valence-electron chi connectivity index (χ2n) is 5.09. The highest BCUT2D eigenvalue weighted by molar-refractivity contribution is 5.07. The summed E-state index contributed by atoms with van der Waals surface area (Å²) in [4.78, 5) is 4.75. The minimum absolute atomic E-state index is 0.700. The van der Waals surface area contributed by atoms with E-state index in [-0.39, 0.29) is 0 Å². The van der Waals surface area contributed by atoms with Crippen LogP contribution < -0.4 is 0 Å². The smallest absolute Gasteiger partial charge is 0.108 e. The molecule has 16 heavy (non-hydrogen) atoms. The van der Waals surface area contributed by atoms with Crippen molar-refractivity contribution in [2.45, 2.75) is 45.1 Å². The van der Waals surface area contributed by atoms with E-state index in [1.165, 1.54) is 50.2 Å². The average molecular weight is 220 g/mol. The summed E-state index contributed by atoms with van der Waals surface area (Å²) in [6.45, 7) is 3.06. The lowest BCUT2D eigenvalue weighted by atomic mass is 9.97. The molecule has 0 amide bonds. The average Bonchev–Trinajstić information content (AvgIpc) is 2.72. The third-order valence-corrected chi connectivity index (χ3v) is 3.71. The molecule has 0 radical (unpaired) electrons. The number of ether oxygens (including phenoxy) is 1. The molecule has 1 unspecified atom stereocenters. The second-order valence-corrected chi connectivity index (χ2v) is 5.09. The van der Waals surface area contributed by atoms with Gasteiger partial charge in [-0.3, -0.25) is 0 Å². The second kappa shape index (κ2) is 4.58. The molecule has 1 aromatic heterocycles. The van der Waals surface area contributed by atoms with Crippen molar-refractivity contribution < 1.29 is 4.74 Å². The summed E-state index contributed by atoms with van der Waals surface area (Å²) in [5, 5.41) is 0. The maximum Gasteiger partial charge on any atom is 0.108 e. The third-order valence-electron chi connectivity index (χ3n) is 3.71. The van der Waals surface area contributed by atoms with Gasteiger partial charge in [-0.15, -0.1) is 0 Å². The SMILES string of the molecule is c1c(CC2CCCOC2)nc2n1CCCC2. The Bertz CT molecular complexity index is 329. The molecule has 0 N–H and O–H groups in total. The number of hydrogen-bond donors (Lipinski definition) is 0. The van der Waals surface area contributed by atoms with Gasteiger partial charge in [0.2, 0.25) is 0 Å². The van der Waals surface area contributed by atoms with Crippen molar-refractivity contribution in [1.29, 1.82) is 0 Å². The van der Waals surface area contributed by atoms with Gasteiger partial charge in [-0.1, -0.05) is 0 Å². The van der Waals surface area contributed by atoms with Crippen LogP contribution in [0, 0.1) is 5.92 Å². The lowest BCUT2D eigenvalue weighted by Crippen LogP contribution is -2.19. The van der Waals surface area contributed by atoms with E-state index in [1.54, 1.807) is 0 Å². The molecule has 2 aliphatic rings. The Morgan fingerprint density at radius 3 is 3.19 bits per heavy atom. The van der Waals surface area contributed by atoms with Crippen molar-refractivity contribution in [1.82, 2.24) is 9.55 Å². The molecule has 1 fully saturated rings. The van der Waals surface area contributed by atoms with Gasteiger partial charge in [0.1, 0.15) is 5.82 Å². The fourth-order valence-corrected chi connectivity index (χ4v) is 2.83. The van der Waals surface area contributed by atoms with Gasteiger partial charge in [0.05, 0.1) is 5.69 Å². The number of nitrogens with zero attached hydrogens (tertiary/aromatic N) is 2. The molecule has 0 saturated carbocycles. The zero-order valence-corrected chi connectivity index (χ0v) is 9.82. The van der Waals surface area contributed by atoms with E-state index in [0.29, 0.717) is 5.92 Å². The van der Waals surface area contributed by atoms with Crippen LogP contribution in [0.2, 0.25) is 0 Å². The third kappa shape index (κ3) is 2.14. The van der Waals surface area contributed by atoms with Crippen LogP contribution in [0.25, 0.3) is 0 Å². The van der Waals surface area contributed by atoms with Gasteiger partial charge in [-0.25, -0.2) is 4.98 Å². The van der Waals surface area contributed by atoms with Crippen LogP contribution >= 0.6 is 0 Å². The topological polar surface area (TPSA) is 27.1 Å². The minimum atomic E-state index is 0.700. The number of rotatable bonds is 2. The highest BCUT2D eigenvalue weighted by atomic mass is 16.5. The van der Waals surface area contributed by atoms with Gasteiger partial charge < -0.3 is 9.30 Å². The molecule has 3 rings (SSSR count). The zero-order chi connectivity index (χ0) is 10.8. The van der Waals surface area contributed by atoms with Crippen LogP contribution in [0.15, 0.2) is 6.20 Å². The molecule has 1 saturated heterocycles. The molecular formula is C13H20N2O. The van der Waals surface area contributed by atoms with Gasteiger partial charge in [0.15, 0.2) is 0 Å². The summed E-state index contributed by atoms with van der Waals surface area (Å²) in [7, 11) is 0. The summed E-state index contributed by atoms with van der Waals surface area (Å²) in [5.74, 6) is 2.00. The van der Waals surface area contributed by atoms with E-state index in [4.69, 9.17) is 9.72 Å². The van der Waals surface area contributed by atoms with E-state index in [0.717, 1.165) is 19.6 Å². The fraction of sp³-hybridized carbons (Fsp3) is 0.769. The summed E-state index contributed by atoms with van der Waals surface area (Å²) < 4.78 is 7.87. The Labute approximate surface area is 96.8 Å². The Hall–Kier alpha value is -0.830. The summed E-state index contributed by atoms with van der Waals surface area (Å²) in [6, 6.07) is 0. The van der Waals surface area contributed by atoms with Crippen molar-refractivity contribution in [2.24, 2.45) is 5.92 Å². The molecule has 0 spiro atoms. The van der Waals surface area contributed by atoms with Gasteiger partial charge >= 0.3 is 0 Å². The first kappa shape index (κ1) is 10.3. The van der Waals surface area contributed by atoms with Crippen molar-refractivity contribution in [2.75, 3.05) is 13.2 Å². The standard InChI is InChI=1S/C13H20N2O/c1-2-6-15-9-12(14-13(15)5-1)8-11-4-3-7-16-10-11/h9,11H,1-8,10H2. The van der Waals surface area contributed by atoms with Crippen LogP contribution in [0.3, 0.4) is 0 Å². The lowest BCUT2D eigenvalue weighted by molar-refractivity contribution is 0.0547. The highest BCUT2D eigenvalue weighted by Gasteiger charge is 2.18. The molecule has 3 heteroatoms. The number of aryl methyl sites for hydroxylation is 2. The Balaban J connectivity index is 1.67. The van der Waals surface area contributed by atoms with E-state index in [9.17, 15) is 0 Å². The zero-order valence-electron chi connectivity index (χ0n) is 9.82. The first-order chi connectivity index (χ1) is 7.92. The van der Waals surface area contributed by atoms with E-state index < -0.39 is 0 Å². The first-order valence-corrected chi connectivity index (χ1v) is 6.54. The molecular weight excluding hydrogens is 200 g/mol. The number of fused-ring (bicyclic) bond motifs is 1. The minimum Gasteiger partial charge on any atom is -0.381 e. The molecule has 0 bridgehead atoms. The molecule has 1 atom stereocenters. The Morgan fingerprint density at radius 2 is 2.38 bits per heavy atom. The van der Waals surface area contributed by atoms with Crippen LogP contribution in [0.4, 0.5) is 0 Å². The molecule has 3 heterocycles. The van der Waals surface area contributed by atoms with E-state index in [2.05, 4.69) is 10.8 Å². The molecule has 88 valence electrons. The summed E-state index contributed by atoms with van der Waals surface area (Å²) in [5.41, 5.74) is 1.28. The van der Waals surface area contributed by atoms with Gasteiger partial charge in [-0.05, 0) is 38.0 Å². The van der Waals surface area contributed by atoms with E-state index >= 15 is 0 Å². The van der Waals surface area contributed by atoms with Crippen molar-refractivity contribution in [3.63, 3.8) is 0 Å². The maximum absolute atomic E-state index is 5.52. The number of aromatic nitrogens is 2. The summed E-state index contributed by atoms with van der Waals surface area (Å²) >= 11 is 0. The first-order valence-electron chi connectivity index (χ1n) is 6.54. The van der Waals surface area contributed by atoms with Gasteiger partial charge in [0.25, 0.3) is 0 Å².